The topological polar surface area (TPSA) is 88.3 Å². The highest BCUT2D eigenvalue weighted by atomic mass is 16.4. The Labute approximate surface area is 130 Å². The van der Waals surface area contributed by atoms with E-state index in [0.717, 1.165) is 38.8 Å². The maximum absolute atomic E-state index is 12.4. The first-order chi connectivity index (χ1) is 10.5. The Hall–Kier alpha value is -1.92. The Balaban J connectivity index is 2.14. The van der Waals surface area contributed by atoms with Crippen LogP contribution in [0.15, 0.2) is 0 Å². The molecule has 2 rings (SSSR count). The maximum Gasteiger partial charge on any atom is 0.358 e. The first-order valence-corrected chi connectivity index (χ1v) is 7.92. The van der Waals surface area contributed by atoms with Gasteiger partial charge >= 0.3 is 5.97 Å². The smallest absolute Gasteiger partial charge is 0.358 e. The van der Waals surface area contributed by atoms with Gasteiger partial charge in [-0.25, -0.2) is 9.48 Å². The van der Waals surface area contributed by atoms with Crippen molar-refractivity contribution >= 4 is 11.9 Å². The van der Waals surface area contributed by atoms with Crippen LogP contribution in [0.25, 0.3) is 0 Å². The molecule has 0 radical (unpaired) electrons. The average molecular weight is 308 g/mol. The van der Waals surface area contributed by atoms with Crippen LogP contribution in [-0.2, 0) is 17.8 Å². The van der Waals surface area contributed by atoms with Gasteiger partial charge in [0.1, 0.15) is 6.54 Å². The van der Waals surface area contributed by atoms with Gasteiger partial charge in [0.2, 0.25) is 5.91 Å². The number of carboxylic acid groups (broad SMARTS) is 1. The molecule has 0 bridgehead atoms. The number of aromatic carboxylic acids is 1. The fourth-order valence-electron chi connectivity index (χ4n) is 2.76. The molecular weight excluding hydrogens is 284 g/mol. The summed E-state index contributed by atoms with van der Waals surface area (Å²) in [5, 5.41) is 16.8. The average Bonchev–Trinajstić information content (AvgIpc) is 2.67. The molecule has 7 nitrogen and oxygen atoms in total. The zero-order valence-corrected chi connectivity index (χ0v) is 13.3. The number of nitrogens with zero attached hydrogens (tertiary/aromatic N) is 4. The molecule has 0 unspecified atom stereocenters. The number of carbonyl (C=O) groups is 2. The van der Waals surface area contributed by atoms with Gasteiger partial charge in [-0.1, -0.05) is 31.9 Å². The van der Waals surface area contributed by atoms with E-state index in [9.17, 15) is 14.7 Å². The third-order valence-electron chi connectivity index (χ3n) is 3.89. The van der Waals surface area contributed by atoms with Crippen molar-refractivity contribution in [3.63, 3.8) is 0 Å². The Morgan fingerprint density at radius 2 is 1.82 bits per heavy atom. The number of amides is 1. The van der Waals surface area contributed by atoms with Crippen molar-refractivity contribution < 1.29 is 14.7 Å². The molecule has 1 aromatic rings. The standard InChI is InChI=1S/C15H24N4O3/c1-11(2)9-12-14(15(21)22)16-17-19(12)10-13(20)18-7-5-3-4-6-8-18/h11H,3-10H2,1-2H3,(H,21,22). The highest BCUT2D eigenvalue weighted by Gasteiger charge is 2.23. The maximum atomic E-state index is 12.4. The van der Waals surface area contributed by atoms with Crippen LogP contribution >= 0.6 is 0 Å². The monoisotopic (exact) mass is 308 g/mol. The molecule has 22 heavy (non-hydrogen) atoms. The van der Waals surface area contributed by atoms with Gasteiger partial charge in [-0.3, -0.25) is 4.79 Å². The predicted octanol–water partition coefficient (Wildman–Crippen LogP) is 1.58. The summed E-state index contributed by atoms with van der Waals surface area (Å²) in [6.45, 7) is 5.62. The highest BCUT2D eigenvalue weighted by molar-refractivity contribution is 5.86. The summed E-state index contributed by atoms with van der Waals surface area (Å²) >= 11 is 0. The fourth-order valence-corrected chi connectivity index (χ4v) is 2.76. The van der Waals surface area contributed by atoms with Crippen molar-refractivity contribution in [2.24, 2.45) is 5.92 Å². The van der Waals surface area contributed by atoms with Crippen molar-refractivity contribution in [2.75, 3.05) is 13.1 Å². The van der Waals surface area contributed by atoms with Gasteiger partial charge in [0.05, 0.1) is 5.69 Å². The van der Waals surface area contributed by atoms with Crippen molar-refractivity contribution in [3.8, 4) is 0 Å². The first-order valence-electron chi connectivity index (χ1n) is 7.92. The van der Waals surface area contributed by atoms with Crippen LogP contribution in [0.3, 0.4) is 0 Å². The molecule has 1 fully saturated rings. The lowest BCUT2D eigenvalue weighted by Crippen LogP contribution is -2.35. The Morgan fingerprint density at radius 1 is 1.18 bits per heavy atom. The Kier molecular flexibility index (Phi) is 5.51. The lowest BCUT2D eigenvalue weighted by Gasteiger charge is -2.20. The highest BCUT2D eigenvalue weighted by Crippen LogP contribution is 2.14. The van der Waals surface area contributed by atoms with E-state index in [1.54, 1.807) is 0 Å². The zero-order chi connectivity index (χ0) is 16.1. The van der Waals surface area contributed by atoms with E-state index in [0.29, 0.717) is 12.1 Å². The number of carboxylic acids is 1. The lowest BCUT2D eigenvalue weighted by atomic mass is 10.1. The summed E-state index contributed by atoms with van der Waals surface area (Å²) in [5.74, 6) is -0.832. The molecule has 1 aliphatic heterocycles. The third-order valence-corrected chi connectivity index (χ3v) is 3.89. The summed E-state index contributed by atoms with van der Waals surface area (Å²) in [5.41, 5.74) is 0.489. The summed E-state index contributed by atoms with van der Waals surface area (Å²) in [6.07, 6.45) is 4.93. The second-order valence-electron chi connectivity index (χ2n) is 6.24. The molecule has 122 valence electrons. The molecule has 1 aromatic heterocycles. The van der Waals surface area contributed by atoms with Crippen molar-refractivity contribution in [3.05, 3.63) is 11.4 Å². The molecular formula is C15H24N4O3. The molecule has 1 aliphatic rings. The lowest BCUT2D eigenvalue weighted by molar-refractivity contribution is -0.132. The summed E-state index contributed by atoms with van der Waals surface area (Å²) in [7, 11) is 0. The number of likely N-dealkylation sites (tertiary alicyclic amines) is 1. The SMILES string of the molecule is CC(C)Cc1c(C(=O)O)nnn1CC(=O)N1CCCCCC1. The van der Waals surface area contributed by atoms with Gasteiger partial charge in [-0.2, -0.15) is 0 Å². The molecule has 7 heteroatoms. The normalized spacial score (nSPS) is 15.9. The van der Waals surface area contributed by atoms with Crippen molar-refractivity contribution in [1.82, 2.24) is 19.9 Å². The number of carbonyl (C=O) groups excluding carboxylic acids is 1. The van der Waals surface area contributed by atoms with Crippen LogP contribution in [0.2, 0.25) is 0 Å². The van der Waals surface area contributed by atoms with E-state index >= 15 is 0 Å². The minimum Gasteiger partial charge on any atom is -0.476 e. The third kappa shape index (κ3) is 4.05. The molecule has 0 spiro atoms. The zero-order valence-electron chi connectivity index (χ0n) is 13.3. The van der Waals surface area contributed by atoms with Gasteiger partial charge < -0.3 is 10.0 Å². The largest absolute Gasteiger partial charge is 0.476 e. The van der Waals surface area contributed by atoms with Crippen LogP contribution in [0.5, 0.6) is 0 Å². The van der Waals surface area contributed by atoms with E-state index in [2.05, 4.69) is 10.3 Å². The van der Waals surface area contributed by atoms with Gasteiger partial charge in [0.15, 0.2) is 5.69 Å². The van der Waals surface area contributed by atoms with Gasteiger partial charge in [-0.05, 0) is 25.2 Å². The molecule has 0 aromatic carbocycles. The Bertz CT molecular complexity index is 531. The fraction of sp³-hybridized carbons (Fsp3) is 0.733. The quantitative estimate of drug-likeness (QED) is 0.892. The molecule has 1 N–H and O–H groups in total. The van der Waals surface area contributed by atoms with Crippen molar-refractivity contribution in [1.29, 1.82) is 0 Å². The summed E-state index contributed by atoms with van der Waals surface area (Å²) in [6, 6.07) is 0. The number of hydrogen-bond acceptors (Lipinski definition) is 4. The van der Waals surface area contributed by atoms with Gasteiger partial charge in [0.25, 0.3) is 0 Å². The second kappa shape index (κ2) is 7.38. The minimum absolute atomic E-state index is 0.00579. The van der Waals surface area contributed by atoms with E-state index in [1.807, 2.05) is 18.7 Å². The van der Waals surface area contributed by atoms with Gasteiger partial charge in [-0.15, -0.1) is 5.10 Å². The molecule has 1 amide bonds. The van der Waals surface area contributed by atoms with Crippen LogP contribution in [0.1, 0.15) is 55.7 Å². The first kappa shape index (κ1) is 16.5. The van der Waals surface area contributed by atoms with E-state index in [4.69, 9.17) is 0 Å². The van der Waals surface area contributed by atoms with Gasteiger partial charge in [0, 0.05) is 13.1 Å². The summed E-state index contributed by atoms with van der Waals surface area (Å²) < 4.78 is 1.46. The van der Waals surface area contributed by atoms with Crippen LogP contribution in [0.4, 0.5) is 0 Å². The van der Waals surface area contributed by atoms with E-state index in [1.165, 1.54) is 4.68 Å². The predicted molar refractivity (Wildman–Crippen MR) is 80.6 cm³/mol. The number of aromatic nitrogens is 3. The second-order valence-corrected chi connectivity index (χ2v) is 6.24. The Morgan fingerprint density at radius 3 is 2.36 bits per heavy atom. The molecule has 0 saturated carbocycles. The summed E-state index contributed by atoms with van der Waals surface area (Å²) in [4.78, 5) is 25.5. The van der Waals surface area contributed by atoms with Crippen LogP contribution in [0, 0.1) is 5.92 Å². The van der Waals surface area contributed by atoms with E-state index in [-0.39, 0.29) is 24.1 Å². The van der Waals surface area contributed by atoms with Crippen molar-refractivity contribution in [2.45, 2.75) is 52.5 Å². The molecule has 1 saturated heterocycles. The minimum atomic E-state index is -1.09. The number of rotatable bonds is 5. The van der Waals surface area contributed by atoms with E-state index < -0.39 is 5.97 Å². The molecule has 0 atom stereocenters. The number of hydrogen-bond donors (Lipinski definition) is 1. The molecule has 0 aliphatic carbocycles. The molecule has 2 heterocycles. The van der Waals surface area contributed by atoms with Crippen LogP contribution in [-0.4, -0.2) is 50.0 Å². The van der Waals surface area contributed by atoms with Crippen LogP contribution < -0.4 is 0 Å².